The summed E-state index contributed by atoms with van der Waals surface area (Å²) in [5, 5.41) is 0. The third kappa shape index (κ3) is 2.55. The third-order valence-electron chi connectivity index (χ3n) is 2.76. The Balaban J connectivity index is 0.00000225. The highest BCUT2D eigenvalue weighted by Crippen LogP contribution is 2.65. The molecule has 1 aliphatic rings. The zero-order chi connectivity index (χ0) is 11.9. The van der Waals surface area contributed by atoms with Gasteiger partial charge in [-0.15, -0.1) is 12.4 Å². The van der Waals surface area contributed by atoms with E-state index in [9.17, 15) is 13.6 Å². The van der Waals surface area contributed by atoms with Crippen LogP contribution in [-0.2, 0) is 9.53 Å². The van der Waals surface area contributed by atoms with Crippen molar-refractivity contribution in [2.45, 2.75) is 19.8 Å². The Morgan fingerprint density at radius 3 is 2.19 bits per heavy atom. The van der Waals surface area contributed by atoms with E-state index in [1.807, 2.05) is 0 Å². The molecule has 0 bridgehead atoms. The van der Waals surface area contributed by atoms with Gasteiger partial charge in [0.1, 0.15) is 12.4 Å². The number of ether oxygens (including phenoxy) is 1. The molecule has 16 heavy (non-hydrogen) atoms. The topological polar surface area (TPSA) is 78.3 Å². The smallest absolute Gasteiger partial charge is 0.334 e. The molecule has 4 nitrogen and oxygen atoms in total. The highest BCUT2D eigenvalue weighted by molar-refractivity contribution is 5.85. The van der Waals surface area contributed by atoms with Gasteiger partial charge in [-0.3, -0.25) is 0 Å². The monoisotopic (exact) mass is 256 g/mol. The Morgan fingerprint density at radius 1 is 1.44 bits per heavy atom. The normalized spacial score (nSPS) is 23.9. The predicted molar refractivity (Wildman–Crippen MR) is 56.9 cm³/mol. The summed E-state index contributed by atoms with van der Waals surface area (Å²) in [5.41, 5.74) is 8.92. The van der Waals surface area contributed by atoms with Crippen LogP contribution in [0.2, 0.25) is 0 Å². The number of rotatable bonds is 3. The zero-order valence-corrected chi connectivity index (χ0v) is 9.81. The van der Waals surface area contributed by atoms with Gasteiger partial charge < -0.3 is 16.2 Å². The van der Waals surface area contributed by atoms with Gasteiger partial charge in [-0.25, -0.2) is 13.6 Å². The summed E-state index contributed by atoms with van der Waals surface area (Å²) in [5.74, 6) is -4.71. The van der Waals surface area contributed by atoms with Gasteiger partial charge in [-0.2, -0.15) is 0 Å². The van der Waals surface area contributed by atoms with E-state index in [-0.39, 0.29) is 24.8 Å². The average Bonchev–Trinajstić information content (AvgIpc) is 2.38. The molecule has 7 heteroatoms. The number of hydrogen-bond donors (Lipinski definition) is 2. The minimum absolute atomic E-state index is 0. The number of hydrogen-bond acceptors (Lipinski definition) is 4. The van der Waals surface area contributed by atoms with E-state index < -0.39 is 23.2 Å². The molecule has 0 heterocycles. The molecule has 94 valence electrons. The van der Waals surface area contributed by atoms with Gasteiger partial charge in [-0.1, -0.05) is 13.8 Å². The number of nitrogens with two attached hydrogens (primary N) is 2. The molecule has 1 aliphatic carbocycles. The Labute approximate surface area is 98.4 Å². The molecule has 0 saturated heterocycles. The van der Waals surface area contributed by atoms with E-state index in [1.54, 1.807) is 0 Å². The van der Waals surface area contributed by atoms with E-state index in [0.717, 1.165) is 6.08 Å². The Kier molecular flexibility index (Phi) is 4.16. The lowest BCUT2D eigenvalue weighted by atomic mass is 10.1. The molecule has 0 spiro atoms. The van der Waals surface area contributed by atoms with Gasteiger partial charge in [0, 0.05) is 5.41 Å². The van der Waals surface area contributed by atoms with Crippen LogP contribution in [0.3, 0.4) is 0 Å². The quantitative estimate of drug-likeness (QED) is 0.583. The van der Waals surface area contributed by atoms with Crippen LogP contribution in [0, 0.1) is 11.3 Å². The fourth-order valence-electron chi connectivity index (χ4n) is 1.41. The van der Waals surface area contributed by atoms with Crippen molar-refractivity contribution >= 4 is 18.4 Å². The standard InChI is InChI=1S/C9H14F2N2O2.ClH/c1-8(2)5(9(8,10)11)4-15-7(14)3-6(12)13;/h3,5H,4,12-13H2,1-2H3;1H. The van der Waals surface area contributed by atoms with E-state index in [4.69, 9.17) is 11.5 Å². The number of carbonyl (C=O) groups is 1. The Bertz CT molecular complexity index is 301. The zero-order valence-electron chi connectivity index (χ0n) is 9.00. The highest BCUT2D eigenvalue weighted by atomic mass is 35.5. The summed E-state index contributed by atoms with van der Waals surface area (Å²) in [6.07, 6.45) is 0.855. The molecule has 0 amide bonds. The van der Waals surface area contributed by atoms with Crippen LogP contribution in [0.25, 0.3) is 0 Å². The first kappa shape index (κ1) is 15.0. The SMILES string of the molecule is CC1(C)C(COC(=O)C=C(N)N)C1(F)F.Cl. The van der Waals surface area contributed by atoms with Crippen molar-refractivity contribution < 1.29 is 18.3 Å². The summed E-state index contributed by atoms with van der Waals surface area (Å²) in [6, 6.07) is 0. The minimum atomic E-state index is -2.77. The third-order valence-corrected chi connectivity index (χ3v) is 2.76. The van der Waals surface area contributed by atoms with Gasteiger partial charge in [0.2, 0.25) is 0 Å². The summed E-state index contributed by atoms with van der Waals surface area (Å²) in [4.78, 5) is 10.9. The fraction of sp³-hybridized carbons (Fsp3) is 0.667. The maximum Gasteiger partial charge on any atom is 0.334 e. The first-order chi connectivity index (χ1) is 6.69. The van der Waals surface area contributed by atoms with Gasteiger partial charge in [0.05, 0.1) is 12.0 Å². The largest absolute Gasteiger partial charge is 0.462 e. The maximum atomic E-state index is 13.0. The molecule has 1 atom stereocenters. The molecular formula is C9H15ClF2N2O2. The molecule has 0 aromatic carbocycles. The van der Waals surface area contributed by atoms with Crippen molar-refractivity contribution in [1.82, 2.24) is 0 Å². The molecule has 1 fully saturated rings. The molecule has 0 aromatic heterocycles. The van der Waals surface area contributed by atoms with Crippen molar-refractivity contribution in [2.24, 2.45) is 22.8 Å². The van der Waals surface area contributed by atoms with Crippen LogP contribution in [0.5, 0.6) is 0 Å². The van der Waals surface area contributed by atoms with Crippen LogP contribution < -0.4 is 11.5 Å². The van der Waals surface area contributed by atoms with Crippen LogP contribution in [0.1, 0.15) is 13.8 Å². The lowest BCUT2D eigenvalue weighted by Crippen LogP contribution is -2.14. The number of alkyl halides is 2. The lowest BCUT2D eigenvalue weighted by molar-refractivity contribution is -0.138. The molecule has 1 unspecified atom stereocenters. The maximum absolute atomic E-state index is 13.0. The Hall–Kier alpha value is -1.04. The summed E-state index contributed by atoms with van der Waals surface area (Å²) in [6.45, 7) is 2.54. The van der Waals surface area contributed by atoms with Crippen molar-refractivity contribution in [1.29, 1.82) is 0 Å². The molecule has 0 aliphatic heterocycles. The first-order valence-corrected chi connectivity index (χ1v) is 4.47. The van der Waals surface area contributed by atoms with Gasteiger partial charge in [0.25, 0.3) is 5.92 Å². The second kappa shape index (κ2) is 4.45. The van der Waals surface area contributed by atoms with Crippen molar-refractivity contribution in [2.75, 3.05) is 6.61 Å². The van der Waals surface area contributed by atoms with E-state index in [2.05, 4.69) is 4.74 Å². The second-order valence-electron chi connectivity index (χ2n) is 4.17. The minimum Gasteiger partial charge on any atom is -0.462 e. The molecule has 1 rings (SSSR count). The van der Waals surface area contributed by atoms with E-state index >= 15 is 0 Å². The second-order valence-corrected chi connectivity index (χ2v) is 4.17. The summed E-state index contributed by atoms with van der Waals surface area (Å²) in [7, 11) is 0. The van der Waals surface area contributed by atoms with Crippen molar-refractivity contribution in [3.05, 3.63) is 11.9 Å². The molecule has 0 aromatic rings. The van der Waals surface area contributed by atoms with Crippen molar-refractivity contribution in [3.8, 4) is 0 Å². The predicted octanol–water partition coefficient (Wildman–Crippen LogP) is 1.00. The van der Waals surface area contributed by atoms with Gasteiger partial charge >= 0.3 is 5.97 Å². The van der Waals surface area contributed by atoms with Crippen molar-refractivity contribution in [3.63, 3.8) is 0 Å². The molecule has 1 saturated carbocycles. The molecule has 0 radical (unpaired) electrons. The average molecular weight is 257 g/mol. The van der Waals surface area contributed by atoms with E-state index in [1.165, 1.54) is 13.8 Å². The highest BCUT2D eigenvalue weighted by Gasteiger charge is 2.75. The summed E-state index contributed by atoms with van der Waals surface area (Å²) >= 11 is 0. The fourth-order valence-corrected chi connectivity index (χ4v) is 1.41. The van der Waals surface area contributed by atoms with Crippen LogP contribution in [0.15, 0.2) is 11.9 Å². The molecule has 4 N–H and O–H groups in total. The molecular weight excluding hydrogens is 242 g/mol. The number of esters is 1. The van der Waals surface area contributed by atoms with Gasteiger partial charge in [-0.05, 0) is 0 Å². The van der Waals surface area contributed by atoms with Crippen LogP contribution >= 0.6 is 12.4 Å². The van der Waals surface area contributed by atoms with Crippen LogP contribution in [0.4, 0.5) is 8.78 Å². The Morgan fingerprint density at radius 2 is 1.88 bits per heavy atom. The van der Waals surface area contributed by atoms with Gasteiger partial charge in [0.15, 0.2) is 0 Å². The number of halogens is 3. The number of carbonyl (C=O) groups excluding carboxylic acids is 1. The van der Waals surface area contributed by atoms with Crippen LogP contribution in [-0.4, -0.2) is 18.5 Å². The lowest BCUT2D eigenvalue weighted by Gasteiger charge is -2.01. The first-order valence-electron chi connectivity index (χ1n) is 4.47. The summed E-state index contributed by atoms with van der Waals surface area (Å²) < 4.78 is 30.7. The van der Waals surface area contributed by atoms with E-state index in [0.29, 0.717) is 0 Å².